The Hall–Kier alpha value is -2.78. The summed E-state index contributed by atoms with van der Waals surface area (Å²) in [7, 11) is 1.80. The van der Waals surface area contributed by atoms with Crippen LogP contribution in [0.15, 0.2) is 48.7 Å². The maximum atomic E-state index is 13.9. The number of benzene rings is 1. The summed E-state index contributed by atoms with van der Waals surface area (Å²) < 4.78 is 8.02. The van der Waals surface area contributed by atoms with E-state index >= 15 is 0 Å². The highest BCUT2D eigenvalue weighted by Gasteiger charge is 2.58. The van der Waals surface area contributed by atoms with Crippen LogP contribution >= 0.6 is 0 Å². The maximum absolute atomic E-state index is 13.9. The molecule has 4 atom stereocenters. The van der Waals surface area contributed by atoms with Crippen molar-refractivity contribution in [3.05, 3.63) is 60.0 Å². The average Bonchev–Trinajstić information content (AvgIpc) is 3.39. The number of amides is 1. The zero-order chi connectivity index (χ0) is 25.7. The van der Waals surface area contributed by atoms with E-state index in [1.54, 1.807) is 11.9 Å². The SMILES string of the molecule is C[C@H]1C[C@]1(C(N)CNO)n1c(C(=O)N(C)c2ccccc2)cc2cc(C3CCOC(C)(C)C3)ncc21. The van der Waals surface area contributed by atoms with Gasteiger partial charge in [-0.2, -0.15) is 0 Å². The molecule has 36 heavy (non-hydrogen) atoms. The topological polar surface area (TPSA) is 106 Å². The van der Waals surface area contributed by atoms with Crippen molar-refractivity contribution in [2.75, 3.05) is 25.1 Å². The predicted molar refractivity (Wildman–Crippen MR) is 140 cm³/mol. The molecule has 192 valence electrons. The number of hydrogen-bond donors (Lipinski definition) is 3. The van der Waals surface area contributed by atoms with E-state index in [2.05, 4.69) is 36.9 Å². The highest BCUT2D eigenvalue weighted by molar-refractivity contribution is 6.07. The summed E-state index contributed by atoms with van der Waals surface area (Å²) in [6, 6.07) is 13.4. The van der Waals surface area contributed by atoms with Gasteiger partial charge in [0, 0.05) is 48.9 Å². The molecule has 1 saturated carbocycles. The van der Waals surface area contributed by atoms with Gasteiger partial charge in [0.05, 0.1) is 22.9 Å². The average molecular weight is 492 g/mol. The van der Waals surface area contributed by atoms with Crippen LogP contribution in [0.25, 0.3) is 10.9 Å². The highest BCUT2D eigenvalue weighted by Crippen LogP contribution is 2.54. The number of fused-ring (bicyclic) bond motifs is 1. The second-order valence-electron chi connectivity index (χ2n) is 11.1. The van der Waals surface area contributed by atoms with Crippen molar-refractivity contribution < 1.29 is 14.7 Å². The van der Waals surface area contributed by atoms with Gasteiger partial charge in [0.1, 0.15) is 5.69 Å². The number of pyridine rings is 1. The molecule has 2 fully saturated rings. The number of hydroxylamine groups is 1. The third-order valence-electron chi connectivity index (χ3n) is 8.19. The van der Waals surface area contributed by atoms with E-state index in [1.165, 1.54) is 0 Å². The van der Waals surface area contributed by atoms with Crippen molar-refractivity contribution in [3.63, 3.8) is 0 Å². The van der Waals surface area contributed by atoms with Crippen LogP contribution in [0, 0.1) is 5.92 Å². The van der Waals surface area contributed by atoms with Crippen LogP contribution in [0.4, 0.5) is 5.69 Å². The third kappa shape index (κ3) is 4.22. The zero-order valence-corrected chi connectivity index (χ0v) is 21.6. The Morgan fingerprint density at radius 2 is 2.03 bits per heavy atom. The number of hydrogen-bond acceptors (Lipinski definition) is 6. The lowest BCUT2D eigenvalue weighted by Gasteiger charge is -2.35. The Labute approximate surface area is 212 Å². The number of carbonyl (C=O) groups is 1. The number of para-hydroxylation sites is 1. The second-order valence-corrected chi connectivity index (χ2v) is 11.1. The smallest absolute Gasteiger partial charge is 0.274 e. The minimum absolute atomic E-state index is 0.103. The van der Waals surface area contributed by atoms with Gasteiger partial charge in [-0.05, 0) is 63.3 Å². The Kier molecular flexibility index (Phi) is 6.41. The molecule has 5 rings (SSSR count). The highest BCUT2D eigenvalue weighted by atomic mass is 16.5. The molecule has 3 aromatic rings. The fraction of sp³-hybridized carbons (Fsp3) is 0.500. The van der Waals surface area contributed by atoms with Gasteiger partial charge < -0.3 is 25.1 Å². The normalized spacial score (nSPS) is 26.1. The molecule has 3 heterocycles. The first-order chi connectivity index (χ1) is 17.2. The molecule has 0 radical (unpaired) electrons. The van der Waals surface area contributed by atoms with Crippen LogP contribution in [-0.4, -0.2) is 52.5 Å². The first-order valence-corrected chi connectivity index (χ1v) is 12.8. The van der Waals surface area contributed by atoms with Crippen LogP contribution in [0.3, 0.4) is 0 Å². The second kappa shape index (κ2) is 9.27. The molecule has 2 aliphatic rings. The Balaban J connectivity index is 1.62. The summed E-state index contributed by atoms with van der Waals surface area (Å²) in [6.45, 7) is 7.34. The summed E-state index contributed by atoms with van der Waals surface area (Å²) in [4.78, 5) is 20.5. The van der Waals surface area contributed by atoms with E-state index in [1.807, 2.05) is 42.6 Å². The van der Waals surface area contributed by atoms with Gasteiger partial charge in [-0.1, -0.05) is 25.1 Å². The zero-order valence-electron chi connectivity index (χ0n) is 21.6. The largest absolute Gasteiger partial charge is 0.376 e. The van der Waals surface area contributed by atoms with E-state index in [4.69, 9.17) is 15.5 Å². The van der Waals surface area contributed by atoms with E-state index in [0.717, 1.165) is 41.5 Å². The molecule has 1 aromatic carbocycles. The first kappa shape index (κ1) is 24.9. The molecule has 1 aliphatic carbocycles. The van der Waals surface area contributed by atoms with Crippen molar-refractivity contribution in [1.29, 1.82) is 0 Å². The summed E-state index contributed by atoms with van der Waals surface area (Å²) in [5.74, 6) is 0.456. The molecule has 2 aromatic heterocycles. The molecule has 1 aliphatic heterocycles. The number of carbonyl (C=O) groups excluding carboxylic acids is 1. The number of nitrogens with zero attached hydrogens (tertiary/aromatic N) is 3. The van der Waals surface area contributed by atoms with E-state index < -0.39 is 5.54 Å². The lowest BCUT2D eigenvalue weighted by molar-refractivity contribution is -0.0597. The van der Waals surface area contributed by atoms with Crippen LogP contribution < -0.4 is 16.1 Å². The maximum Gasteiger partial charge on any atom is 0.274 e. The van der Waals surface area contributed by atoms with Crippen molar-refractivity contribution in [2.45, 2.75) is 63.1 Å². The number of anilines is 1. The third-order valence-corrected chi connectivity index (χ3v) is 8.19. The summed E-state index contributed by atoms with van der Waals surface area (Å²) >= 11 is 0. The minimum atomic E-state index is -0.482. The van der Waals surface area contributed by atoms with Crippen LogP contribution in [0.2, 0.25) is 0 Å². The van der Waals surface area contributed by atoms with Gasteiger partial charge in [0.25, 0.3) is 5.91 Å². The standard InChI is InChI=1S/C28H37N5O3/c1-18-14-28(18,25(29)17-31-35)33-23(26(34)32(4)21-8-6-5-7-9-21)13-20-12-22(30-16-24(20)33)19-10-11-36-27(2,3)15-19/h5-9,12-13,16,18-19,25,31,35H,10-11,14-15,17,29H2,1-4H3/t18-,19?,25?,28-/m0/s1. The van der Waals surface area contributed by atoms with Crippen LogP contribution in [0.5, 0.6) is 0 Å². The van der Waals surface area contributed by atoms with Crippen molar-refractivity contribution >= 4 is 22.5 Å². The van der Waals surface area contributed by atoms with E-state index in [9.17, 15) is 10.0 Å². The fourth-order valence-electron chi connectivity index (χ4n) is 6.08. The summed E-state index contributed by atoms with van der Waals surface area (Å²) in [5.41, 5.74) is 11.5. The van der Waals surface area contributed by atoms with Gasteiger partial charge in [-0.15, -0.1) is 0 Å². The van der Waals surface area contributed by atoms with Crippen molar-refractivity contribution in [1.82, 2.24) is 15.0 Å². The van der Waals surface area contributed by atoms with Gasteiger partial charge >= 0.3 is 0 Å². The van der Waals surface area contributed by atoms with Gasteiger partial charge in [0.2, 0.25) is 0 Å². The quantitative estimate of drug-likeness (QED) is 0.431. The predicted octanol–water partition coefficient (Wildman–Crippen LogP) is 4.03. The van der Waals surface area contributed by atoms with E-state index in [-0.39, 0.29) is 30.0 Å². The van der Waals surface area contributed by atoms with Gasteiger partial charge in [-0.3, -0.25) is 9.78 Å². The molecule has 8 nitrogen and oxygen atoms in total. The lowest BCUT2D eigenvalue weighted by atomic mass is 9.86. The lowest BCUT2D eigenvalue weighted by Crippen LogP contribution is -2.48. The Morgan fingerprint density at radius 3 is 2.67 bits per heavy atom. The molecule has 0 spiro atoms. The molecular weight excluding hydrogens is 454 g/mol. The molecule has 1 saturated heterocycles. The van der Waals surface area contributed by atoms with Crippen molar-refractivity contribution in [3.8, 4) is 0 Å². The molecular formula is C28H37N5O3. The molecule has 8 heteroatoms. The number of nitrogens with two attached hydrogens (primary N) is 1. The number of aromatic nitrogens is 2. The van der Waals surface area contributed by atoms with Gasteiger partial charge in [0.15, 0.2) is 0 Å². The number of rotatable bonds is 7. The fourth-order valence-corrected chi connectivity index (χ4v) is 6.08. The molecule has 1 amide bonds. The van der Waals surface area contributed by atoms with Crippen LogP contribution in [-0.2, 0) is 10.3 Å². The monoisotopic (exact) mass is 491 g/mol. The Morgan fingerprint density at radius 1 is 1.31 bits per heavy atom. The molecule has 2 unspecified atom stereocenters. The van der Waals surface area contributed by atoms with Crippen molar-refractivity contribution in [2.24, 2.45) is 11.7 Å². The Bertz CT molecular complexity index is 1260. The molecule has 4 N–H and O–H groups in total. The number of ether oxygens (including phenoxy) is 1. The summed E-state index contributed by atoms with van der Waals surface area (Å²) in [5, 5.41) is 10.4. The molecule has 0 bridgehead atoms. The minimum Gasteiger partial charge on any atom is -0.376 e. The van der Waals surface area contributed by atoms with Crippen LogP contribution in [0.1, 0.15) is 62.1 Å². The summed E-state index contributed by atoms with van der Waals surface area (Å²) in [6.07, 6.45) is 4.56. The number of nitrogens with one attached hydrogen (secondary N) is 1. The van der Waals surface area contributed by atoms with E-state index in [0.29, 0.717) is 18.2 Å². The van der Waals surface area contributed by atoms with Gasteiger partial charge in [-0.25, -0.2) is 5.48 Å². The first-order valence-electron chi connectivity index (χ1n) is 12.8.